The van der Waals surface area contributed by atoms with Crippen LogP contribution < -0.4 is 11.2 Å². The molecule has 3 aromatic rings. The maximum atomic E-state index is 10.4. The summed E-state index contributed by atoms with van der Waals surface area (Å²) in [7, 11) is 0. The molecule has 2 saturated heterocycles. The third-order valence-electron chi connectivity index (χ3n) is 5.98. The van der Waals surface area contributed by atoms with Gasteiger partial charge in [-0.2, -0.15) is 9.97 Å². The summed E-state index contributed by atoms with van der Waals surface area (Å²) in [5.41, 5.74) is 10.1. The summed E-state index contributed by atoms with van der Waals surface area (Å²) < 4.78 is 7.12. The first-order chi connectivity index (χ1) is 16.0. The van der Waals surface area contributed by atoms with Gasteiger partial charge in [0.15, 0.2) is 23.2 Å². The quantitative estimate of drug-likeness (QED) is 0.342. The molecule has 5 rings (SSSR count). The molecule has 6 N–H and O–H groups in total. The van der Waals surface area contributed by atoms with Gasteiger partial charge < -0.3 is 31.2 Å². The highest BCUT2D eigenvalue weighted by molar-refractivity contribution is 8.00. The molecule has 2 aliphatic rings. The van der Waals surface area contributed by atoms with Crippen LogP contribution in [0.25, 0.3) is 11.2 Å². The zero-order valence-corrected chi connectivity index (χ0v) is 18.7. The first kappa shape index (κ1) is 22.3. The Morgan fingerprint density at radius 2 is 1.88 bits per heavy atom. The molecule has 2 aliphatic heterocycles. The molecule has 33 heavy (non-hydrogen) atoms. The van der Waals surface area contributed by atoms with Gasteiger partial charge in [-0.1, -0.05) is 18.2 Å². The number of nitrogen functional groups attached to an aromatic ring is 1. The highest BCUT2D eigenvalue weighted by Crippen LogP contribution is 2.33. The van der Waals surface area contributed by atoms with Crippen LogP contribution >= 0.6 is 11.8 Å². The number of aromatic nitrogens is 4. The van der Waals surface area contributed by atoms with Crippen LogP contribution in [0.5, 0.6) is 0 Å². The minimum atomic E-state index is -1.24. The highest BCUT2D eigenvalue weighted by Gasteiger charge is 2.44. The Bertz CT molecular complexity index is 1090. The van der Waals surface area contributed by atoms with E-state index in [9.17, 15) is 15.3 Å². The van der Waals surface area contributed by atoms with Crippen LogP contribution in [0.3, 0.4) is 0 Å². The first-order valence-corrected chi connectivity index (χ1v) is 11.8. The third kappa shape index (κ3) is 4.50. The molecule has 0 amide bonds. The molecule has 1 aromatic carbocycles. The van der Waals surface area contributed by atoms with Crippen molar-refractivity contribution >= 4 is 34.7 Å². The number of hydrogen-bond donors (Lipinski definition) is 5. The minimum absolute atomic E-state index is 0.0491. The standard InChI is InChI=1S/C21H27N7O4S/c22-21-24-18(26-27-8-6-13(7-9-27)33-12-4-2-1-3-5-12)15-19(25-21)28(11-23-15)20-17(31)16(30)14(10-29)32-20/h1-5,11,13-14,16-17,20,29-31H,6-10H2,(H3,22,24,25,26)/t14-,16?,17?,20-/m1/s1. The van der Waals surface area contributed by atoms with Crippen molar-refractivity contribution < 1.29 is 20.1 Å². The van der Waals surface area contributed by atoms with Crippen molar-refractivity contribution in [1.82, 2.24) is 24.5 Å². The van der Waals surface area contributed by atoms with Crippen LogP contribution in [0.1, 0.15) is 19.1 Å². The Kier molecular flexibility index (Phi) is 6.36. The van der Waals surface area contributed by atoms with E-state index in [1.54, 1.807) is 0 Å². The summed E-state index contributed by atoms with van der Waals surface area (Å²) >= 11 is 1.91. The Balaban J connectivity index is 1.30. The normalized spacial score (nSPS) is 26.8. The van der Waals surface area contributed by atoms with E-state index in [0.717, 1.165) is 25.9 Å². The molecule has 11 nitrogen and oxygen atoms in total. The van der Waals surface area contributed by atoms with Crippen molar-refractivity contribution in [3.8, 4) is 0 Å². The predicted octanol–water partition coefficient (Wildman–Crippen LogP) is 0.604. The minimum Gasteiger partial charge on any atom is -0.394 e. The summed E-state index contributed by atoms with van der Waals surface area (Å²) in [5, 5.41) is 32.5. The van der Waals surface area contributed by atoms with Crippen molar-refractivity contribution in [3.05, 3.63) is 36.7 Å². The zero-order chi connectivity index (χ0) is 22.9. The van der Waals surface area contributed by atoms with Crippen molar-refractivity contribution in [2.24, 2.45) is 0 Å². The second kappa shape index (κ2) is 9.41. The molecule has 0 radical (unpaired) electrons. The van der Waals surface area contributed by atoms with Gasteiger partial charge in [0.25, 0.3) is 0 Å². The van der Waals surface area contributed by atoms with E-state index in [2.05, 4.69) is 49.7 Å². The van der Waals surface area contributed by atoms with E-state index in [0.29, 0.717) is 22.2 Å². The maximum absolute atomic E-state index is 10.4. The Morgan fingerprint density at radius 1 is 1.12 bits per heavy atom. The SMILES string of the molecule is Nc1nc(NN2CCC(Sc3ccccc3)CC2)c2ncn([C@@H]3O[C@H](CO)C(O)C3O)c2n1. The predicted molar refractivity (Wildman–Crippen MR) is 123 cm³/mol. The lowest BCUT2D eigenvalue weighted by Gasteiger charge is -2.32. The lowest BCUT2D eigenvalue weighted by atomic mass is 10.1. The molecule has 2 fully saturated rings. The maximum Gasteiger partial charge on any atom is 0.224 e. The van der Waals surface area contributed by atoms with Gasteiger partial charge in [0, 0.05) is 23.2 Å². The first-order valence-electron chi connectivity index (χ1n) is 10.9. The molecule has 12 heteroatoms. The van der Waals surface area contributed by atoms with Crippen LogP contribution in [-0.2, 0) is 4.74 Å². The number of thioether (sulfide) groups is 1. The lowest BCUT2D eigenvalue weighted by molar-refractivity contribution is -0.0511. The summed E-state index contributed by atoms with van der Waals surface area (Å²) in [6.07, 6.45) is -0.796. The fourth-order valence-corrected chi connectivity index (χ4v) is 5.38. The number of nitrogens with zero attached hydrogens (tertiary/aromatic N) is 5. The number of imidazole rings is 1. The number of hydrogen-bond acceptors (Lipinski definition) is 11. The number of piperidine rings is 1. The molecule has 0 spiro atoms. The van der Waals surface area contributed by atoms with E-state index >= 15 is 0 Å². The Labute approximate surface area is 194 Å². The molecule has 0 saturated carbocycles. The molecule has 0 aliphatic carbocycles. The van der Waals surface area contributed by atoms with E-state index in [4.69, 9.17) is 10.5 Å². The van der Waals surface area contributed by atoms with E-state index in [1.165, 1.54) is 15.8 Å². The number of ether oxygens (including phenoxy) is 1. The van der Waals surface area contributed by atoms with Gasteiger partial charge in [-0.05, 0) is 25.0 Å². The van der Waals surface area contributed by atoms with Crippen LogP contribution in [0.4, 0.5) is 11.8 Å². The van der Waals surface area contributed by atoms with Crippen molar-refractivity contribution in [1.29, 1.82) is 0 Å². The van der Waals surface area contributed by atoms with E-state index < -0.39 is 31.1 Å². The summed E-state index contributed by atoms with van der Waals surface area (Å²) in [4.78, 5) is 14.3. The second-order valence-electron chi connectivity index (χ2n) is 8.21. The Hall–Kier alpha value is -2.48. The monoisotopic (exact) mass is 473 g/mol. The number of nitrogens with two attached hydrogens (primary N) is 1. The van der Waals surface area contributed by atoms with Gasteiger partial charge in [0.05, 0.1) is 12.9 Å². The second-order valence-corrected chi connectivity index (χ2v) is 9.59. The third-order valence-corrected chi connectivity index (χ3v) is 7.33. The van der Waals surface area contributed by atoms with Crippen LogP contribution in [0.2, 0.25) is 0 Å². The summed E-state index contributed by atoms with van der Waals surface area (Å²) in [5.74, 6) is 0.519. The average Bonchev–Trinajstić information content (AvgIpc) is 3.36. The van der Waals surface area contributed by atoms with Crippen molar-refractivity contribution in [3.63, 3.8) is 0 Å². The van der Waals surface area contributed by atoms with Gasteiger partial charge in [0.1, 0.15) is 18.3 Å². The topological polar surface area (TPSA) is 155 Å². The van der Waals surface area contributed by atoms with Crippen LogP contribution in [0, 0.1) is 0 Å². The molecular weight excluding hydrogens is 446 g/mol. The average molecular weight is 474 g/mol. The fraction of sp³-hybridized carbons (Fsp3) is 0.476. The number of aliphatic hydroxyl groups excluding tert-OH is 3. The number of nitrogens with one attached hydrogen (secondary N) is 1. The van der Waals surface area contributed by atoms with Gasteiger partial charge in [-0.15, -0.1) is 11.8 Å². The number of aliphatic hydroxyl groups is 3. The molecular formula is C21H27N7O4S. The Morgan fingerprint density at radius 3 is 2.58 bits per heavy atom. The van der Waals surface area contributed by atoms with Gasteiger partial charge in [-0.25, -0.2) is 9.99 Å². The smallest absolute Gasteiger partial charge is 0.224 e. The number of benzene rings is 1. The number of fused-ring (bicyclic) bond motifs is 1. The lowest BCUT2D eigenvalue weighted by Crippen LogP contribution is -2.39. The van der Waals surface area contributed by atoms with Crippen LogP contribution in [0.15, 0.2) is 41.6 Å². The van der Waals surface area contributed by atoms with Gasteiger partial charge in [0.2, 0.25) is 5.95 Å². The highest BCUT2D eigenvalue weighted by atomic mass is 32.2. The van der Waals surface area contributed by atoms with Gasteiger partial charge >= 0.3 is 0 Å². The molecule has 2 unspecified atom stereocenters. The zero-order valence-electron chi connectivity index (χ0n) is 17.9. The van der Waals surface area contributed by atoms with Crippen molar-refractivity contribution in [2.45, 2.75) is 47.5 Å². The van der Waals surface area contributed by atoms with Gasteiger partial charge in [-0.3, -0.25) is 4.57 Å². The molecule has 0 bridgehead atoms. The molecule has 2 aromatic heterocycles. The van der Waals surface area contributed by atoms with Crippen LogP contribution in [-0.4, -0.2) is 83.1 Å². The molecule has 4 heterocycles. The van der Waals surface area contributed by atoms with E-state index in [-0.39, 0.29) is 5.95 Å². The summed E-state index contributed by atoms with van der Waals surface area (Å²) in [6, 6.07) is 10.4. The fourth-order valence-electron chi connectivity index (χ4n) is 4.23. The van der Waals surface area contributed by atoms with Crippen molar-refractivity contribution in [2.75, 3.05) is 30.9 Å². The number of hydrazine groups is 1. The largest absolute Gasteiger partial charge is 0.394 e. The van der Waals surface area contributed by atoms with E-state index in [1.807, 2.05) is 17.8 Å². The number of anilines is 2. The number of rotatable bonds is 6. The summed E-state index contributed by atoms with van der Waals surface area (Å²) in [6.45, 7) is 1.26. The molecule has 176 valence electrons. The molecule has 4 atom stereocenters.